The Balaban J connectivity index is 1.12. The van der Waals surface area contributed by atoms with Gasteiger partial charge in [-0.25, -0.2) is 0 Å². The Morgan fingerprint density at radius 1 is 0.258 bits per heavy atom. The molecule has 0 unspecified atom stereocenters. The van der Waals surface area contributed by atoms with Crippen LogP contribution >= 0.6 is 0 Å². The predicted molar refractivity (Wildman–Crippen MR) is 264 cm³/mol. The van der Waals surface area contributed by atoms with E-state index in [-0.39, 0.29) is 0 Å². The number of rotatable bonds is 7. The molecule has 0 bridgehead atoms. The Kier molecular flexibility index (Phi) is 8.53. The Morgan fingerprint density at radius 3 is 1.44 bits per heavy atom. The molecule has 290 valence electrons. The molecule has 1 heterocycles. The summed E-state index contributed by atoms with van der Waals surface area (Å²) in [7, 11) is 0. The van der Waals surface area contributed by atoms with Gasteiger partial charge in [0.25, 0.3) is 0 Å². The van der Waals surface area contributed by atoms with Crippen LogP contribution < -0.4 is 4.90 Å². The second-order valence-corrected chi connectivity index (χ2v) is 16.1. The minimum Gasteiger partial charge on any atom is -0.310 e. The van der Waals surface area contributed by atoms with E-state index in [1.165, 1.54) is 70.8 Å². The summed E-state index contributed by atoms with van der Waals surface area (Å²) < 4.78 is 2.43. The van der Waals surface area contributed by atoms with Crippen molar-refractivity contribution in [3.63, 3.8) is 0 Å². The minimum absolute atomic E-state index is 1.09. The molecule has 2 heteroatoms. The summed E-state index contributed by atoms with van der Waals surface area (Å²) in [4.78, 5) is 2.44. The number of para-hydroxylation sites is 4. The molecule has 12 aromatic rings. The zero-order chi connectivity index (χ0) is 41.0. The fourth-order valence-electron chi connectivity index (χ4n) is 9.76. The Bertz CT molecular complexity index is 3550. The van der Waals surface area contributed by atoms with Gasteiger partial charge >= 0.3 is 0 Å². The summed E-state index contributed by atoms with van der Waals surface area (Å²) in [6.07, 6.45) is 0. The van der Waals surface area contributed by atoms with Crippen LogP contribution in [0.4, 0.5) is 17.1 Å². The lowest BCUT2D eigenvalue weighted by atomic mass is 9.92. The van der Waals surface area contributed by atoms with Crippen molar-refractivity contribution in [1.82, 2.24) is 4.57 Å². The van der Waals surface area contributed by atoms with Gasteiger partial charge in [0.1, 0.15) is 0 Å². The minimum atomic E-state index is 1.09. The van der Waals surface area contributed by atoms with E-state index in [0.29, 0.717) is 0 Å². The van der Waals surface area contributed by atoms with Crippen LogP contribution in [0.15, 0.2) is 243 Å². The smallest absolute Gasteiger partial charge is 0.0541 e. The highest BCUT2D eigenvalue weighted by molar-refractivity contribution is 6.26. The van der Waals surface area contributed by atoms with Gasteiger partial charge in [-0.2, -0.15) is 0 Å². The molecule has 11 aromatic carbocycles. The second-order valence-electron chi connectivity index (χ2n) is 16.1. The largest absolute Gasteiger partial charge is 0.310 e. The molecule has 62 heavy (non-hydrogen) atoms. The summed E-state index contributed by atoms with van der Waals surface area (Å²) >= 11 is 0. The maximum atomic E-state index is 2.44. The molecule has 0 aliphatic heterocycles. The van der Waals surface area contributed by atoms with E-state index in [9.17, 15) is 0 Å². The average Bonchev–Trinajstić information content (AvgIpc) is 3.69. The maximum absolute atomic E-state index is 2.44. The van der Waals surface area contributed by atoms with Crippen molar-refractivity contribution in [2.45, 2.75) is 0 Å². The van der Waals surface area contributed by atoms with E-state index in [1.54, 1.807) is 0 Å². The van der Waals surface area contributed by atoms with E-state index < -0.39 is 0 Å². The van der Waals surface area contributed by atoms with Gasteiger partial charge in [0, 0.05) is 33.3 Å². The lowest BCUT2D eigenvalue weighted by molar-refractivity contribution is 1.18. The summed E-state index contributed by atoms with van der Waals surface area (Å²) in [5.74, 6) is 0. The zero-order valence-corrected chi connectivity index (χ0v) is 34.0. The van der Waals surface area contributed by atoms with Gasteiger partial charge in [-0.15, -0.1) is 0 Å². The highest BCUT2D eigenvalue weighted by atomic mass is 15.1. The van der Waals surface area contributed by atoms with Crippen molar-refractivity contribution < 1.29 is 0 Å². The fourth-order valence-corrected chi connectivity index (χ4v) is 9.76. The van der Waals surface area contributed by atoms with E-state index in [1.807, 2.05) is 0 Å². The lowest BCUT2D eigenvalue weighted by Gasteiger charge is -2.29. The standard InChI is InChI=1S/C60H40N2/c1-3-18-41(19-4-1)42-20-17-21-43(38-42)55-39-44(47-24-11-14-31-57(47)62-58-32-15-12-29-53(58)54-30-13-16-33-59(54)62)34-37-60(55)61(45-22-5-2-6-23-45)46-35-36-52-50-27-8-7-25-48(50)49-26-9-10-28-51(49)56(52)40-46/h1-40H. The summed E-state index contributed by atoms with van der Waals surface area (Å²) in [5.41, 5.74) is 13.8. The van der Waals surface area contributed by atoms with Gasteiger partial charge in [-0.3, -0.25) is 0 Å². The van der Waals surface area contributed by atoms with Gasteiger partial charge in [0.2, 0.25) is 0 Å². The van der Waals surface area contributed by atoms with Crippen LogP contribution in [-0.4, -0.2) is 4.57 Å². The first kappa shape index (κ1) is 35.7. The van der Waals surface area contributed by atoms with Crippen molar-refractivity contribution in [1.29, 1.82) is 0 Å². The fraction of sp³-hybridized carbons (Fsp3) is 0. The molecule has 0 radical (unpaired) electrons. The molecule has 0 amide bonds. The van der Waals surface area contributed by atoms with Crippen LogP contribution in [0.5, 0.6) is 0 Å². The van der Waals surface area contributed by atoms with Crippen molar-refractivity contribution >= 4 is 71.2 Å². The lowest BCUT2D eigenvalue weighted by Crippen LogP contribution is -2.11. The quantitative estimate of drug-likeness (QED) is 0.146. The number of fused-ring (bicyclic) bond motifs is 9. The topological polar surface area (TPSA) is 8.17 Å². The molecule has 0 atom stereocenters. The van der Waals surface area contributed by atoms with E-state index in [4.69, 9.17) is 0 Å². The van der Waals surface area contributed by atoms with Crippen LogP contribution in [0.25, 0.3) is 93.2 Å². The average molecular weight is 789 g/mol. The molecule has 12 rings (SSSR count). The maximum Gasteiger partial charge on any atom is 0.0541 e. The number of aromatic nitrogens is 1. The third-order valence-corrected chi connectivity index (χ3v) is 12.6. The molecule has 0 aliphatic carbocycles. The van der Waals surface area contributed by atoms with Crippen LogP contribution in [0.3, 0.4) is 0 Å². The van der Waals surface area contributed by atoms with Crippen molar-refractivity contribution in [2.24, 2.45) is 0 Å². The molecule has 0 saturated heterocycles. The third kappa shape index (κ3) is 5.88. The molecule has 0 fully saturated rings. The monoisotopic (exact) mass is 788 g/mol. The van der Waals surface area contributed by atoms with Gasteiger partial charge in [-0.1, -0.05) is 182 Å². The number of anilines is 3. The molecule has 1 aromatic heterocycles. The summed E-state index contributed by atoms with van der Waals surface area (Å²) in [6, 6.07) is 88.6. The molecule has 0 spiro atoms. The van der Waals surface area contributed by atoms with Gasteiger partial charge in [0.15, 0.2) is 0 Å². The SMILES string of the molecule is c1ccc(-c2cccc(-c3cc(-c4ccccc4-n4c5ccccc5c5ccccc54)ccc3N(c3ccccc3)c3ccc4c5ccccc5c5ccccc5c4c3)c2)cc1. The molecule has 0 aliphatic rings. The van der Waals surface area contributed by atoms with Gasteiger partial charge < -0.3 is 9.47 Å². The normalized spacial score (nSPS) is 11.5. The van der Waals surface area contributed by atoms with Crippen LogP contribution in [0.2, 0.25) is 0 Å². The predicted octanol–water partition coefficient (Wildman–Crippen LogP) is 16.7. The van der Waals surface area contributed by atoms with Crippen molar-refractivity contribution in [3.8, 4) is 39.1 Å². The van der Waals surface area contributed by atoms with E-state index in [2.05, 4.69) is 252 Å². The number of hydrogen-bond donors (Lipinski definition) is 0. The highest BCUT2D eigenvalue weighted by Gasteiger charge is 2.22. The van der Waals surface area contributed by atoms with Crippen LogP contribution in [0.1, 0.15) is 0 Å². The van der Waals surface area contributed by atoms with Gasteiger partial charge in [-0.05, 0) is 115 Å². The molecular weight excluding hydrogens is 749 g/mol. The summed E-state index contributed by atoms with van der Waals surface area (Å²) in [6.45, 7) is 0. The first-order valence-corrected chi connectivity index (χ1v) is 21.3. The molecular formula is C60H40N2. The Hall–Kier alpha value is -8.20. The second kappa shape index (κ2) is 14.8. The van der Waals surface area contributed by atoms with Crippen LogP contribution in [0, 0.1) is 0 Å². The molecule has 2 nitrogen and oxygen atoms in total. The first-order valence-electron chi connectivity index (χ1n) is 21.3. The number of benzene rings is 11. The molecule has 0 saturated carbocycles. The van der Waals surface area contributed by atoms with E-state index >= 15 is 0 Å². The Morgan fingerprint density at radius 2 is 0.758 bits per heavy atom. The summed E-state index contributed by atoms with van der Waals surface area (Å²) in [5, 5.41) is 10.1. The number of nitrogens with zero attached hydrogens (tertiary/aromatic N) is 2. The van der Waals surface area contributed by atoms with Gasteiger partial charge in [0.05, 0.1) is 22.4 Å². The van der Waals surface area contributed by atoms with Crippen molar-refractivity contribution in [2.75, 3.05) is 4.90 Å². The zero-order valence-electron chi connectivity index (χ0n) is 34.0. The number of hydrogen-bond acceptors (Lipinski definition) is 1. The van der Waals surface area contributed by atoms with Crippen LogP contribution in [-0.2, 0) is 0 Å². The third-order valence-electron chi connectivity index (χ3n) is 12.6. The first-order chi connectivity index (χ1) is 30.8. The Labute approximate surface area is 360 Å². The highest BCUT2D eigenvalue weighted by Crippen LogP contribution is 2.46. The molecule has 0 N–H and O–H groups in total. The van der Waals surface area contributed by atoms with Crippen molar-refractivity contribution in [3.05, 3.63) is 243 Å². The van der Waals surface area contributed by atoms with E-state index in [0.717, 1.165) is 39.4 Å².